The largest absolute Gasteiger partial charge is 0.508 e. The van der Waals surface area contributed by atoms with Crippen LogP contribution in [0.1, 0.15) is 16.7 Å². The smallest absolute Gasteiger partial charge is 0.273 e. The highest BCUT2D eigenvalue weighted by atomic mass is 19.1. The molecule has 4 rings (SSSR count). The van der Waals surface area contributed by atoms with Crippen LogP contribution in [0.3, 0.4) is 0 Å². The van der Waals surface area contributed by atoms with Crippen molar-refractivity contribution in [2.45, 2.75) is 13.1 Å². The molecule has 1 heterocycles. The molecule has 4 N–H and O–H groups in total. The minimum absolute atomic E-state index is 0.0455. The quantitative estimate of drug-likeness (QED) is 0.139. The van der Waals surface area contributed by atoms with Crippen LogP contribution < -0.4 is 16.1 Å². The van der Waals surface area contributed by atoms with Gasteiger partial charge in [-0.05, 0) is 41.5 Å². The van der Waals surface area contributed by atoms with Gasteiger partial charge in [-0.2, -0.15) is 20.1 Å². The SMILES string of the molecule is O=[N+]([O-])c1cc(O)cc(/C=N/Nc2nc(NCc3ccc(F)cc3)nc(NCc3ccc(F)cc3)n2)c1. The number of rotatable bonds is 10. The first-order valence-electron chi connectivity index (χ1n) is 10.8. The molecule has 0 aliphatic heterocycles. The number of anilines is 3. The summed E-state index contributed by atoms with van der Waals surface area (Å²) in [6.45, 7) is 0.606. The fourth-order valence-electron chi connectivity index (χ4n) is 3.11. The first-order chi connectivity index (χ1) is 17.8. The van der Waals surface area contributed by atoms with Crippen LogP contribution in [-0.2, 0) is 13.1 Å². The Labute approximate surface area is 209 Å². The molecule has 1 aromatic heterocycles. The number of aromatic hydroxyl groups is 1. The molecule has 3 aromatic carbocycles. The third-order valence-corrected chi connectivity index (χ3v) is 4.88. The van der Waals surface area contributed by atoms with Gasteiger partial charge in [-0.25, -0.2) is 14.2 Å². The van der Waals surface area contributed by atoms with Gasteiger partial charge < -0.3 is 15.7 Å². The van der Waals surface area contributed by atoms with Crippen molar-refractivity contribution in [3.8, 4) is 5.75 Å². The molecule has 0 aliphatic rings. The summed E-state index contributed by atoms with van der Waals surface area (Å²) in [6.07, 6.45) is 1.26. The summed E-state index contributed by atoms with van der Waals surface area (Å²) in [6, 6.07) is 15.4. The predicted molar refractivity (Wildman–Crippen MR) is 133 cm³/mol. The monoisotopic (exact) mass is 506 g/mol. The maximum absolute atomic E-state index is 13.2. The van der Waals surface area contributed by atoms with Gasteiger partial charge in [-0.3, -0.25) is 10.1 Å². The number of hydrogen-bond acceptors (Lipinski definition) is 10. The van der Waals surface area contributed by atoms with Crippen LogP contribution in [-0.4, -0.2) is 31.2 Å². The number of nitrogens with zero attached hydrogens (tertiary/aromatic N) is 5. The Bertz CT molecular complexity index is 1350. The zero-order chi connectivity index (χ0) is 26.2. The van der Waals surface area contributed by atoms with Crippen LogP contribution in [0.5, 0.6) is 5.75 Å². The number of halogens is 2. The first-order valence-corrected chi connectivity index (χ1v) is 10.8. The number of nitro groups is 1. The van der Waals surface area contributed by atoms with Crippen LogP contribution in [0, 0.1) is 21.7 Å². The zero-order valence-corrected chi connectivity index (χ0v) is 19.1. The average Bonchev–Trinajstić information content (AvgIpc) is 2.88. The number of nitrogens with one attached hydrogen (secondary N) is 3. The van der Waals surface area contributed by atoms with Crippen LogP contribution in [0.2, 0.25) is 0 Å². The lowest BCUT2D eigenvalue weighted by atomic mass is 10.2. The average molecular weight is 506 g/mol. The maximum Gasteiger partial charge on any atom is 0.273 e. The lowest BCUT2D eigenvalue weighted by molar-refractivity contribution is -0.384. The number of hydrogen-bond donors (Lipinski definition) is 4. The van der Waals surface area contributed by atoms with Gasteiger partial charge in [-0.1, -0.05) is 24.3 Å². The topological polar surface area (TPSA) is 150 Å². The highest BCUT2D eigenvalue weighted by molar-refractivity contribution is 5.82. The van der Waals surface area contributed by atoms with Crippen molar-refractivity contribution < 1.29 is 18.8 Å². The maximum atomic E-state index is 13.2. The van der Waals surface area contributed by atoms with E-state index in [0.29, 0.717) is 13.1 Å². The van der Waals surface area contributed by atoms with E-state index >= 15 is 0 Å². The fraction of sp³-hybridized carbons (Fsp3) is 0.0833. The summed E-state index contributed by atoms with van der Waals surface area (Å²) in [5, 5.41) is 30.7. The van der Waals surface area contributed by atoms with Gasteiger partial charge in [0.1, 0.15) is 17.4 Å². The van der Waals surface area contributed by atoms with Crippen LogP contribution >= 0.6 is 0 Å². The van der Waals surface area contributed by atoms with Crippen molar-refractivity contribution in [3.05, 3.63) is 105 Å². The van der Waals surface area contributed by atoms with E-state index in [1.165, 1.54) is 42.6 Å². The highest BCUT2D eigenvalue weighted by Gasteiger charge is 2.09. The standard InChI is InChI=1S/C24H20F2N8O3/c25-18-5-1-15(2-6-18)12-27-22-30-23(28-13-16-3-7-19(26)8-4-16)32-24(31-22)33-29-14-17-9-20(34(36)37)11-21(35)10-17/h1-11,14,35H,12-13H2,(H3,27,28,30,31,32,33)/b29-14+. The van der Waals surface area contributed by atoms with Gasteiger partial charge >= 0.3 is 0 Å². The van der Waals surface area contributed by atoms with Gasteiger partial charge in [0.25, 0.3) is 5.69 Å². The summed E-state index contributed by atoms with van der Waals surface area (Å²) in [5.41, 5.74) is 4.20. The summed E-state index contributed by atoms with van der Waals surface area (Å²) >= 11 is 0. The van der Waals surface area contributed by atoms with Crippen LogP contribution in [0.15, 0.2) is 71.8 Å². The van der Waals surface area contributed by atoms with E-state index in [0.717, 1.165) is 17.2 Å². The molecule has 0 spiro atoms. The Balaban J connectivity index is 1.51. The number of benzene rings is 3. The fourth-order valence-corrected chi connectivity index (χ4v) is 3.11. The summed E-state index contributed by atoms with van der Waals surface area (Å²) in [7, 11) is 0. The Morgan fingerprint density at radius 3 is 1.86 bits per heavy atom. The van der Waals surface area contributed by atoms with Crippen molar-refractivity contribution in [3.63, 3.8) is 0 Å². The summed E-state index contributed by atoms with van der Waals surface area (Å²) < 4.78 is 26.4. The van der Waals surface area contributed by atoms with Crippen molar-refractivity contribution in [1.82, 2.24) is 15.0 Å². The van der Waals surface area contributed by atoms with Crippen LogP contribution in [0.4, 0.5) is 32.3 Å². The molecule has 13 heteroatoms. The van der Waals surface area contributed by atoms with E-state index in [1.54, 1.807) is 24.3 Å². The number of non-ortho nitro benzene ring substituents is 1. The normalized spacial score (nSPS) is 10.9. The molecule has 0 aliphatic carbocycles. The number of nitro benzene ring substituents is 1. The van der Waals surface area contributed by atoms with Crippen molar-refractivity contribution in [1.29, 1.82) is 0 Å². The Morgan fingerprint density at radius 1 is 0.838 bits per heavy atom. The number of phenols is 1. The molecule has 37 heavy (non-hydrogen) atoms. The van der Waals surface area contributed by atoms with Gasteiger partial charge in [0, 0.05) is 24.7 Å². The van der Waals surface area contributed by atoms with Crippen LogP contribution in [0.25, 0.3) is 0 Å². The molecule has 0 bridgehead atoms. The Morgan fingerprint density at radius 2 is 1.35 bits per heavy atom. The van der Waals surface area contributed by atoms with E-state index in [2.05, 4.69) is 36.1 Å². The second-order valence-electron chi connectivity index (χ2n) is 7.68. The molecule has 0 amide bonds. The van der Waals surface area contributed by atoms with Crippen molar-refractivity contribution in [2.75, 3.05) is 16.1 Å². The molecule has 0 saturated carbocycles. The first kappa shape index (κ1) is 24.9. The number of aromatic nitrogens is 3. The highest BCUT2D eigenvalue weighted by Crippen LogP contribution is 2.20. The Hall–Kier alpha value is -5.20. The number of phenolic OH excluding ortho intramolecular Hbond substituents is 1. The van der Waals surface area contributed by atoms with Gasteiger partial charge in [0.2, 0.25) is 17.8 Å². The van der Waals surface area contributed by atoms with E-state index in [4.69, 9.17) is 0 Å². The second-order valence-corrected chi connectivity index (χ2v) is 7.68. The molecule has 0 radical (unpaired) electrons. The molecular formula is C24H20F2N8O3. The van der Waals surface area contributed by atoms with E-state index in [-0.39, 0.29) is 46.5 Å². The third-order valence-electron chi connectivity index (χ3n) is 4.88. The third kappa shape index (κ3) is 7.39. The minimum atomic E-state index is -0.630. The molecule has 11 nitrogen and oxygen atoms in total. The minimum Gasteiger partial charge on any atom is -0.508 e. The van der Waals surface area contributed by atoms with Gasteiger partial charge in [-0.15, -0.1) is 0 Å². The molecule has 188 valence electrons. The van der Waals surface area contributed by atoms with E-state index in [1.807, 2.05) is 0 Å². The van der Waals surface area contributed by atoms with E-state index in [9.17, 15) is 24.0 Å². The second kappa shape index (κ2) is 11.5. The van der Waals surface area contributed by atoms with Crippen molar-refractivity contribution in [2.24, 2.45) is 5.10 Å². The molecule has 0 atom stereocenters. The lowest BCUT2D eigenvalue weighted by Gasteiger charge is -2.10. The molecule has 0 fully saturated rings. The van der Waals surface area contributed by atoms with Crippen molar-refractivity contribution >= 4 is 29.7 Å². The Kier molecular flexibility index (Phi) is 7.73. The van der Waals surface area contributed by atoms with Gasteiger partial charge in [0.05, 0.1) is 17.2 Å². The molecule has 0 saturated heterocycles. The lowest BCUT2D eigenvalue weighted by Crippen LogP contribution is -2.11. The van der Waals surface area contributed by atoms with Gasteiger partial charge in [0.15, 0.2) is 0 Å². The van der Waals surface area contributed by atoms with E-state index < -0.39 is 4.92 Å². The summed E-state index contributed by atoms with van der Waals surface area (Å²) in [5.74, 6) is -0.562. The zero-order valence-electron chi connectivity index (χ0n) is 19.1. The molecule has 0 unspecified atom stereocenters. The predicted octanol–water partition coefficient (Wildman–Crippen LogP) is 4.43. The molecular weight excluding hydrogens is 486 g/mol. The molecule has 4 aromatic rings. The summed E-state index contributed by atoms with van der Waals surface area (Å²) in [4.78, 5) is 23.2. The number of hydrazone groups is 1.